The molecule has 2 rings (SSSR count). The monoisotopic (exact) mass is 242 g/mol. The zero-order valence-corrected chi connectivity index (χ0v) is 10.5. The lowest BCUT2D eigenvalue weighted by molar-refractivity contribution is 0.473. The number of benzene rings is 1. The first-order chi connectivity index (χ1) is 8.79. The SMILES string of the molecule is CCC(NCc1ccncc1)c1ccc(O)cc1. The van der Waals surface area contributed by atoms with Crippen LogP contribution in [0.25, 0.3) is 0 Å². The molecule has 0 aliphatic rings. The fourth-order valence-corrected chi connectivity index (χ4v) is 1.95. The number of phenolic OH excluding ortho intramolecular Hbond substituents is 1. The van der Waals surface area contributed by atoms with Crippen molar-refractivity contribution in [2.75, 3.05) is 0 Å². The first-order valence-corrected chi connectivity index (χ1v) is 6.21. The van der Waals surface area contributed by atoms with Crippen LogP contribution in [0, 0.1) is 0 Å². The fraction of sp³-hybridized carbons (Fsp3) is 0.267. The molecule has 1 heterocycles. The number of hydrogen-bond donors (Lipinski definition) is 2. The number of aromatic nitrogens is 1. The van der Waals surface area contributed by atoms with Crippen molar-refractivity contribution in [3.8, 4) is 5.75 Å². The van der Waals surface area contributed by atoms with Crippen molar-refractivity contribution in [3.05, 3.63) is 59.9 Å². The van der Waals surface area contributed by atoms with Gasteiger partial charge in [-0.05, 0) is 41.8 Å². The Labute approximate surface area is 108 Å². The van der Waals surface area contributed by atoms with Crippen molar-refractivity contribution in [3.63, 3.8) is 0 Å². The maximum atomic E-state index is 9.29. The standard InChI is InChI=1S/C15H18N2O/c1-2-15(13-3-5-14(18)6-4-13)17-11-12-7-9-16-10-8-12/h3-10,15,17-18H,2,11H2,1H3. The van der Waals surface area contributed by atoms with Gasteiger partial charge in [0.05, 0.1) is 0 Å². The van der Waals surface area contributed by atoms with Crippen LogP contribution in [0.2, 0.25) is 0 Å². The van der Waals surface area contributed by atoms with Crippen LogP contribution in [0.1, 0.15) is 30.5 Å². The molecule has 0 saturated heterocycles. The lowest BCUT2D eigenvalue weighted by Gasteiger charge is -2.17. The smallest absolute Gasteiger partial charge is 0.115 e. The van der Waals surface area contributed by atoms with Gasteiger partial charge in [-0.2, -0.15) is 0 Å². The number of aromatic hydroxyl groups is 1. The Morgan fingerprint density at radius 1 is 1.11 bits per heavy atom. The summed E-state index contributed by atoms with van der Waals surface area (Å²) in [6, 6.07) is 11.7. The molecule has 0 aliphatic heterocycles. The number of phenols is 1. The molecule has 2 N–H and O–H groups in total. The molecule has 3 heteroatoms. The average Bonchev–Trinajstić information content (AvgIpc) is 2.42. The van der Waals surface area contributed by atoms with Crippen molar-refractivity contribution in [1.29, 1.82) is 0 Å². The van der Waals surface area contributed by atoms with Gasteiger partial charge in [-0.3, -0.25) is 4.98 Å². The van der Waals surface area contributed by atoms with Crippen molar-refractivity contribution < 1.29 is 5.11 Å². The first-order valence-electron chi connectivity index (χ1n) is 6.21. The molecule has 0 radical (unpaired) electrons. The van der Waals surface area contributed by atoms with E-state index in [1.807, 2.05) is 24.3 Å². The Hall–Kier alpha value is -1.87. The molecule has 3 nitrogen and oxygen atoms in total. The molecular weight excluding hydrogens is 224 g/mol. The Kier molecular flexibility index (Phi) is 4.31. The maximum Gasteiger partial charge on any atom is 0.115 e. The van der Waals surface area contributed by atoms with Crippen LogP contribution in [-0.4, -0.2) is 10.1 Å². The average molecular weight is 242 g/mol. The third-order valence-electron chi connectivity index (χ3n) is 3.01. The molecule has 1 aromatic heterocycles. The molecule has 0 aliphatic carbocycles. The second kappa shape index (κ2) is 6.17. The van der Waals surface area contributed by atoms with Crippen LogP contribution < -0.4 is 5.32 Å². The summed E-state index contributed by atoms with van der Waals surface area (Å²) in [5.41, 5.74) is 2.42. The summed E-state index contributed by atoms with van der Waals surface area (Å²) in [4.78, 5) is 4.00. The van der Waals surface area contributed by atoms with Gasteiger partial charge in [-0.25, -0.2) is 0 Å². The Balaban J connectivity index is 1.99. The van der Waals surface area contributed by atoms with Gasteiger partial charge in [-0.15, -0.1) is 0 Å². The number of hydrogen-bond acceptors (Lipinski definition) is 3. The van der Waals surface area contributed by atoms with E-state index in [4.69, 9.17) is 0 Å². The van der Waals surface area contributed by atoms with Crippen LogP contribution in [0.15, 0.2) is 48.8 Å². The highest BCUT2D eigenvalue weighted by Gasteiger charge is 2.08. The number of pyridine rings is 1. The van der Waals surface area contributed by atoms with E-state index in [1.54, 1.807) is 24.5 Å². The van der Waals surface area contributed by atoms with Crippen LogP contribution in [0.4, 0.5) is 0 Å². The van der Waals surface area contributed by atoms with Gasteiger partial charge in [0.15, 0.2) is 0 Å². The molecule has 1 atom stereocenters. The van der Waals surface area contributed by atoms with Gasteiger partial charge >= 0.3 is 0 Å². The Bertz CT molecular complexity index is 468. The second-order valence-electron chi connectivity index (χ2n) is 4.29. The molecule has 0 bridgehead atoms. The van der Waals surface area contributed by atoms with Crippen LogP contribution in [0.3, 0.4) is 0 Å². The van der Waals surface area contributed by atoms with Crippen molar-refractivity contribution in [2.24, 2.45) is 0 Å². The van der Waals surface area contributed by atoms with Gasteiger partial charge in [0.2, 0.25) is 0 Å². The summed E-state index contributed by atoms with van der Waals surface area (Å²) in [6.45, 7) is 2.97. The molecule has 0 amide bonds. The highest BCUT2D eigenvalue weighted by Crippen LogP contribution is 2.19. The van der Waals surface area contributed by atoms with Gasteiger partial charge in [0, 0.05) is 25.0 Å². The van der Waals surface area contributed by atoms with E-state index in [9.17, 15) is 5.11 Å². The third-order valence-corrected chi connectivity index (χ3v) is 3.01. The third kappa shape index (κ3) is 3.31. The lowest BCUT2D eigenvalue weighted by atomic mass is 10.0. The molecule has 0 fully saturated rings. The predicted octanol–water partition coefficient (Wildman–Crippen LogP) is 3.03. The number of rotatable bonds is 5. The maximum absolute atomic E-state index is 9.29. The second-order valence-corrected chi connectivity index (χ2v) is 4.29. The number of nitrogens with one attached hydrogen (secondary N) is 1. The topological polar surface area (TPSA) is 45.2 Å². The zero-order valence-electron chi connectivity index (χ0n) is 10.5. The van der Waals surface area contributed by atoms with E-state index in [0.717, 1.165) is 13.0 Å². The van der Waals surface area contributed by atoms with Crippen molar-refractivity contribution >= 4 is 0 Å². The Morgan fingerprint density at radius 3 is 2.39 bits per heavy atom. The van der Waals surface area contributed by atoms with Crippen molar-refractivity contribution in [1.82, 2.24) is 10.3 Å². The molecule has 0 saturated carbocycles. The minimum atomic E-state index is 0.304. The highest BCUT2D eigenvalue weighted by atomic mass is 16.3. The largest absolute Gasteiger partial charge is 0.508 e. The lowest BCUT2D eigenvalue weighted by Crippen LogP contribution is -2.20. The minimum absolute atomic E-state index is 0.304. The van der Waals surface area contributed by atoms with E-state index in [2.05, 4.69) is 17.2 Å². The minimum Gasteiger partial charge on any atom is -0.508 e. The van der Waals surface area contributed by atoms with E-state index in [-0.39, 0.29) is 0 Å². The normalized spacial score (nSPS) is 12.3. The summed E-state index contributed by atoms with van der Waals surface area (Å²) in [5, 5.41) is 12.8. The quantitative estimate of drug-likeness (QED) is 0.847. The van der Waals surface area contributed by atoms with Crippen LogP contribution in [0.5, 0.6) is 5.75 Å². The highest BCUT2D eigenvalue weighted by molar-refractivity contribution is 5.28. The van der Waals surface area contributed by atoms with Crippen LogP contribution >= 0.6 is 0 Å². The summed E-state index contributed by atoms with van der Waals surface area (Å²) >= 11 is 0. The molecule has 0 spiro atoms. The van der Waals surface area contributed by atoms with Gasteiger partial charge in [0.1, 0.15) is 5.75 Å². The van der Waals surface area contributed by atoms with Crippen molar-refractivity contribution in [2.45, 2.75) is 25.9 Å². The first kappa shape index (κ1) is 12.6. The summed E-state index contributed by atoms with van der Waals surface area (Å²) in [5.74, 6) is 0.308. The molecule has 18 heavy (non-hydrogen) atoms. The van der Waals surface area contributed by atoms with E-state index in [1.165, 1.54) is 11.1 Å². The predicted molar refractivity (Wildman–Crippen MR) is 72.2 cm³/mol. The van der Waals surface area contributed by atoms with Gasteiger partial charge in [-0.1, -0.05) is 19.1 Å². The van der Waals surface area contributed by atoms with Gasteiger partial charge in [0.25, 0.3) is 0 Å². The van der Waals surface area contributed by atoms with Crippen LogP contribution in [-0.2, 0) is 6.54 Å². The molecule has 2 aromatic rings. The molecule has 1 aromatic carbocycles. The summed E-state index contributed by atoms with van der Waals surface area (Å²) in [7, 11) is 0. The fourth-order valence-electron chi connectivity index (χ4n) is 1.95. The molecule has 1 unspecified atom stereocenters. The molecule has 94 valence electrons. The summed E-state index contributed by atoms with van der Waals surface area (Å²) < 4.78 is 0. The van der Waals surface area contributed by atoms with E-state index < -0.39 is 0 Å². The molecular formula is C15H18N2O. The number of nitrogens with zero attached hydrogens (tertiary/aromatic N) is 1. The summed E-state index contributed by atoms with van der Waals surface area (Å²) in [6.07, 6.45) is 4.62. The zero-order chi connectivity index (χ0) is 12.8. The van der Waals surface area contributed by atoms with Gasteiger partial charge < -0.3 is 10.4 Å². The van der Waals surface area contributed by atoms with E-state index >= 15 is 0 Å². The Morgan fingerprint density at radius 2 is 1.78 bits per heavy atom. The van der Waals surface area contributed by atoms with E-state index in [0.29, 0.717) is 11.8 Å².